The molecule has 2 atom stereocenters. The summed E-state index contributed by atoms with van der Waals surface area (Å²) in [5.74, 6) is 1.40. The number of nitrogens with one attached hydrogen (secondary N) is 2. The molecule has 24 heavy (non-hydrogen) atoms. The summed E-state index contributed by atoms with van der Waals surface area (Å²) < 4.78 is 5.57. The number of hydrogen-bond donors (Lipinski definition) is 3. The highest BCUT2D eigenvalue weighted by molar-refractivity contribution is 5.85. The van der Waals surface area contributed by atoms with Crippen LogP contribution < -0.4 is 15.4 Å². The number of aliphatic hydroxyl groups is 1. The van der Waals surface area contributed by atoms with Crippen LogP contribution in [-0.2, 0) is 4.79 Å². The van der Waals surface area contributed by atoms with E-state index in [1.807, 2.05) is 38.1 Å². The van der Waals surface area contributed by atoms with Crippen LogP contribution in [0.5, 0.6) is 5.75 Å². The summed E-state index contributed by atoms with van der Waals surface area (Å²) in [6.07, 6.45) is 2.03. The number of carbonyl (C=O) groups excluding carboxylic acids is 1. The van der Waals surface area contributed by atoms with Crippen LogP contribution in [0.2, 0.25) is 0 Å². The lowest BCUT2D eigenvalue weighted by molar-refractivity contribution is -0.121. The molecule has 1 aromatic carbocycles. The topological polar surface area (TPSA) is 70.6 Å². The first-order valence-electron chi connectivity index (χ1n) is 8.46. The Balaban J connectivity index is 0.00000288. The molecule has 1 saturated heterocycles. The number of ether oxygens (including phenoxy) is 1. The lowest BCUT2D eigenvalue weighted by atomic mass is 10.0. The average molecular weight is 357 g/mol. The number of amides is 1. The molecule has 3 N–H and O–H groups in total. The van der Waals surface area contributed by atoms with E-state index in [0.717, 1.165) is 37.2 Å². The number of carbonyl (C=O) groups is 1. The van der Waals surface area contributed by atoms with E-state index in [1.165, 1.54) is 0 Å². The molecule has 2 unspecified atom stereocenters. The lowest BCUT2D eigenvalue weighted by Crippen LogP contribution is -2.28. The van der Waals surface area contributed by atoms with Gasteiger partial charge < -0.3 is 20.5 Å². The van der Waals surface area contributed by atoms with Crippen molar-refractivity contribution in [3.8, 4) is 5.75 Å². The molecule has 1 amide bonds. The number of halogens is 1. The maximum absolute atomic E-state index is 11.8. The number of aliphatic hydroxyl groups excluding tert-OH is 1. The summed E-state index contributed by atoms with van der Waals surface area (Å²) in [6.45, 7) is 6.26. The molecule has 136 valence electrons. The van der Waals surface area contributed by atoms with Crippen molar-refractivity contribution in [2.45, 2.75) is 45.3 Å². The minimum Gasteiger partial charge on any atom is -0.491 e. The Morgan fingerprint density at radius 1 is 1.38 bits per heavy atom. The quantitative estimate of drug-likeness (QED) is 0.669. The van der Waals surface area contributed by atoms with Gasteiger partial charge in [-0.3, -0.25) is 4.79 Å². The minimum atomic E-state index is -0.694. The molecule has 1 aromatic rings. The van der Waals surface area contributed by atoms with E-state index in [0.29, 0.717) is 12.3 Å². The first kappa shape index (κ1) is 20.7. The monoisotopic (exact) mass is 356 g/mol. The van der Waals surface area contributed by atoms with Gasteiger partial charge >= 0.3 is 0 Å². The van der Waals surface area contributed by atoms with Gasteiger partial charge in [0.25, 0.3) is 0 Å². The number of hydrogen-bond acceptors (Lipinski definition) is 4. The Hall–Kier alpha value is -1.30. The molecule has 0 saturated carbocycles. The molecule has 1 aliphatic heterocycles. The molecular formula is C18H29ClN2O3. The van der Waals surface area contributed by atoms with Gasteiger partial charge in [0, 0.05) is 13.0 Å². The molecule has 1 aliphatic rings. The molecule has 2 rings (SSSR count). The van der Waals surface area contributed by atoms with Gasteiger partial charge in [0.2, 0.25) is 5.91 Å². The standard InChI is InChI=1S/C18H28N2O3.ClH/c1-13(2)23-16-6-4-15(5-7-16)17(21)12-20-18(22)8-3-14-9-10-19-11-14;/h4-7,13-14,17,19,21H,3,8-12H2,1-2H3,(H,20,22);1H. The highest BCUT2D eigenvalue weighted by Gasteiger charge is 2.16. The fourth-order valence-electron chi connectivity index (χ4n) is 2.75. The van der Waals surface area contributed by atoms with E-state index in [9.17, 15) is 9.90 Å². The molecule has 5 nitrogen and oxygen atoms in total. The Kier molecular flexibility index (Phi) is 9.11. The second-order valence-electron chi connectivity index (χ2n) is 6.45. The average Bonchev–Trinajstić information content (AvgIpc) is 3.04. The summed E-state index contributed by atoms with van der Waals surface area (Å²) in [6, 6.07) is 7.35. The van der Waals surface area contributed by atoms with Crippen LogP contribution >= 0.6 is 12.4 Å². The van der Waals surface area contributed by atoms with Crippen LogP contribution in [0.25, 0.3) is 0 Å². The van der Waals surface area contributed by atoms with E-state index in [4.69, 9.17) is 4.74 Å². The van der Waals surface area contributed by atoms with Crippen LogP contribution in [-0.4, -0.2) is 36.8 Å². The summed E-state index contributed by atoms with van der Waals surface area (Å²) in [7, 11) is 0. The second kappa shape index (κ2) is 10.5. The van der Waals surface area contributed by atoms with Crippen molar-refractivity contribution in [2.75, 3.05) is 19.6 Å². The highest BCUT2D eigenvalue weighted by atomic mass is 35.5. The van der Waals surface area contributed by atoms with Gasteiger partial charge in [-0.05, 0) is 63.4 Å². The minimum absolute atomic E-state index is 0. The van der Waals surface area contributed by atoms with Crippen molar-refractivity contribution in [1.82, 2.24) is 10.6 Å². The van der Waals surface area contributed by atoms with Crippen LogP contribution in [0.4, 0.5) is 0 Å². The summed E-state index contributed by atoms with van der Waals surface area (Å²) >= 11 is 0. The van der Waals surface area contributed by atoms with Gasteiger partial charge in [0.05, 0.1) is 12.2 Å². The maximum Gasteiger partial charge on any atom is 0.220 e. The molecule has 0 aliphatic carbocycles. The van der Waals surface area contributed by atoms with Gasteiger partial charge in [-0.15, -0.1) is 12.4 Å². The van der Waals surface area contributed by atoms with E-state index < -0.39 is 6.10 Å². The molecule has 1 fully saturated rings. The Morgan fingerprint density at radius 2 is 2.08 bits per heavy atom. The van der Waals surface area contributed by atoms with Gasteiger partial charge in [-0.1, -0.05) is 12.1 Å². The SMILES string of the molecule is CC(C)Oc1ccc(C(O)CNC(=O)CCC2CCNC2)cc1.Cl. The first-order chi connectivity index (χ1) is 11.0. The largest absolute Gasteiger partial charge is 0.491 e. The zero-order chi connectivity index (χ0) is 16.7. The van der Waals surface area contributed by atoms with E-state index in [1.54, 1.807) is 0 Å². The van der Waals surface area contributed by atoms with Gasteiger partial charge in [-0.25, -0.2) is 0 Å². The zero-order valence-corrected chi connectivity index (χ0v) is 15.3. The summed E-state index contributed by atoms with van der Waals surface area (Å²) in [5.41, 5.74) is 0.779. The second-order valence-corrected chi connectivity index (χ2v) is 6.45. The predicted molar refractivity (Wildman–Crippen MR) is 97.6 cm³/mol. The lowest BCUT2D eigenvalue weighted by Gasteiger charge is -2.14. The van der Waals surface area contributed by atoms with Gasteiger partial charge in [-0.2, -0.15) is 0 Å². The van der Waals surface area contributed by atoms with Crippen LogP contribution in [0, 0.1) is 5.92 Å². The molecule has 1 heterocycles. The molecule has 0 aromatic heterocycles. The van der Waals surface area contributed by atoms with Gasteiger partial charge in [0.15, 0.2) is 0 Å². The van der Waals surface area contributed by atoms with Crippen molar-refractivity contribution < 1.29 is 14.6 Å². The number of benzene rings is 1. The van der Waals surface area contributed by atoms with E-state index in [2.05, 4.69) is 10.6 Å². The third kappa shape index (κ3) is 7.07. The fraction of sp³-hybridized carbons (Fsp3) is 0.611. The molecular weight excluding hydrogens is 328 g/mol. The van der Waals surface area contributed by atoms with Crippen LogP contribution in [0.3, 0.4) is 0 Å². The predicted octanol–water partition coefficient (Wildman–Crippen LogP) is 2.43. The van der Waals surface area contributed by atoms with Crippen LogP contribution in [0.15, 0.2) is 24.3 Å². The van der Waals surface area contributed by atoms with Crippen molar-refractivity contribution in [2.24, 2.45) is 5.92 Å². The van der Waals surface area contributed by atoms with Crippen molar-refractivity contribution in [3.05, 3.63) is 29.8 Å². The van der Waals surface area contributed by atoms with Crippen molar-refractivity contribution >= 4 is 18.3 Å². The summed E-state index contributed by atoms with van der Waals surface area (Å²) in [5, 5.41) is 16.3. The van der Waals surface area contributed by atoms with Crippen molar-refractivity contribution in [3.63, 3.8) is 0 Å². The maximum atomic E-state index is 11.8. The van der Waals surface area contributed by atoms with Gasteiger partial charge in [0.1, 0.15) is 5.75 Å². The Morgan fingerprint density at radius 3 is 2.67 bits per heavy atom. The normalized spacial score (nSPS) is 18.1. The van der Waals surface area contributed by atoms with E-state index >= 15 is 0 Å². The number of rotatable bonds is 8. The third-order valence-electron chi connectivity index (χ3n) is 4.07. The fourth-order valence-corrected chi connectivity index (χ4v) is 2.75. The first-order valence-corrected chi connectivity index (χ1v) is 8.46. The third-order valence-corrected chi connectivity index (χ3v) is 4.07. The van der Waals surface area contributed by atoms with E-state index in [-0.39, 0.29) is 31.0 Å². The van der Waals surface area contributed by atoms with Crippen LogP contribution in [0.1, 0.15) is 44.8 Å². The molecule has 0 spiro atoms. The van der Waals surface area contributed by atoms with Crippen molar-refractivity contribution in [1.29, 1.82) is 0 Å². The molecule has 6 heteroatoms. The summed E-state index contributed by atoms with van der Waals surface area (Å²) in [4.78, 5) is 11.8. The Bertz CT molecular complexity index is 488. The smallest absolute Gasteiger partial charge is 0.220 e. The molecule has 0 bridgehead atoms. The molecule has 0 radical (unpaired) electrons. The highest BCUT2D eigenvalue weighted by Crippen LogP contribution is 2.18. The zero-order valence-electron chi connectivity index (χ0n) is 14.5. The Labute approximate surface area is 150 Å².